The van der Waals surface area contributed by atoms with Crippen LogP contribution in [-0.2, 0) is 4.79 Å². The lowest BCUT2D eigenvalue weighted by atomic mass is 10.2. The number of halogens is 1. The highest BCUT2D eigenvalue weighted by atomic mass is 79.9. The van der Waals surface area contributed by atoms with Gasteiger partial charge in [-0.25, -0.2) is 4.98 Å². The van der Waals surface area contributed by atoms with Crippen LogP contribution in [0, 0.1) is 5.92 Å². The zero-order valence-electron chi connectivity index (χ0n) is 9.65. The van der Waals surface area contributed by atoms with Crippen molar-refractivity contribution in [1.29, 1.82) is 0 Å². The minimum absolute atomic E-state index is 0.0291. The van der Waals surface area contributed by atoms with Crippen molar-refractivity contribution in [1.82, 2.24) is 10.3 Å². The second-order valence-electron chi connectivity index (χ2n) is 4.27. The Morgan fingerprint density at radius 2 is 2.47 bits per heavy atom. The molecule has 17 heavy (non-hydrogen) atoms. The minimum Gasteiger partial charge on any atom is -0.481 e. The van der Waals surface area contributed by atoms with Gasteiger partial charge in [0.25, 0.3) is 5.91 Å². The maximum atomic E-state index is 11.6. The Morgan fingerprint density at radius 3 is 3.12 bits per heavy atom. The predicted molar refractivity (Wildman–Crippen MR) is 67.8 cm³/mol. The zero-order chi connectivity index (χ0) is 12.3. The molecule has 5 heteroatoms. The number of rotatable bonds is 5. The molecule has 1 aliphatic carbocycles. The van der Waals surface area contributed by atoms with Gasteiger partial charge in [-0.2, -0.15) is 0 Å². The molecule has 1 aromatic rings. The van der Waals surface area contributed by atoms with E-state index in [9.17, 15) is 4.79 Å². The van der Waals surface area contributed by atoms with Crippen LogP contribution in [0.5, 0.6) is 5.75 Å². The number of hydrogen-bond donors (Lipinski definition) is 1. The van der Waals surface area contributed by atoms with Gasteiger partial charge >= 0.3 is 0 Å². The lowest BCUT2D eigenvalue weighted by Crippen LogP contribution is -2.37. The van der Waals surface area contributed by atoms with Crippen LogP contribution < -0.4 is 10.1 Å². The molecule has 4 nitrogen and oxygen atoms in total. The van der Waals surface area contributed by atoms with Crippen molar-refractivity contribution in [2.45, 2.75) is 25.8 Å². The fourth-order valence-corrected chi connectivity index (χ4v) is 2.00. The lowest BCUT2D eigenvalue weighted by Gasteiger charge is -2.13. The van der Waals surface area contributed by atoms with E-state index in [0.717, 1.165) is 0 Å². The van der Waals surface area contributed by atoms with Gasteiger partial charge in [-0.3, -0.25) is 4.79 Å². The molecule has 1 unspecified atom stereocenters. The van der Waals surface area contributed by atoms with Crippen LogP contribution in [0.25, 0.3) is 0 Å². The standard InChI is InChI=1S/C12H15BrN2O2/c1-8(9-4-5-9)15-11(16)7-17-10-3-2-6-14-12(10)13/h2-3,6,8-9H,4-5,7H2,1H3,(H,15,16). The summed E-state index contributed by atoms with van der Waals surface area (Å²) < 4.78 is 5.99. The number of carbonyl (C=O) groups excluding carboxylic acids is 1. The highest BCUT2D eigenvalue weighted by Gasteiger charge is 2.28. The van der Waals surface area contributed by atoms with Gasteiger partial charge in [-0.1, -0.05) is 0 Å². The molecule has 0 aromatic carbocycles. The number of ether oxygens (including phenoxy) is 1. The fraction of sp³-hybridized carbons (Fsp3) is 0.500. The molecule has 1 aromatic heterocycles. The van der Waals surface area contributed by atoms with Crippen LogP contribution in [0.4, 0.5) is 0 Å². The summed E-state index contributed by atoms with van der Waals surface area (Å²) in [5.74, 6) is 1.16. The van der Waals surface area contributed by atoms with Gasteiger partial charge in [-0.15, -0.1) is 0 Å². The molecule has 1 aliphatic rings. The van der Waals surface area contributed by atoms with Crippen LogP contribution in [0.2, 0.25) is 0 Å². The number of pyridine rings is 1. The molecule has 1 N–H and O–H groups in total. The third-order valence-corrected chi connectivity index (χ3v) is 3.40. The van der Waals surface area contributed by atoms with E-state index >= 15 is 0 Å². The first-order valence-corrected chi connectivity index (χ1v) is 6.49. The number of aromatic nitrogens is 1. The molecule has 1 heterocycles. The van der Waals surface area contributed by atoms with E-state index in [1.54, 1.807) is 18.3 Å². The highest BCUT2D eigenvalue weighted by Crippen LogP contribution is 2.32. The molecule has 2 rings (SSSR count). The van der Waals surface area contributed by atoms with Crippen molar-refractivity contribution in [2.75, 3.05) is 6.61 Å². The summed E-state index contributed by atoms with van der Waals surface area (Å²) >= 11 is 3.26. The third-order valence-electron chi connectivity index (χ3n) is 2.80. The highest BCUT2D eigenvalue weighted by molar-refractivity contribution is 9.10. The van der Waals surface area contributed by atoms with Crippen molar-refractivity contribution in [3.8, 4) is 5.75 Å². The van der Waals surface area contributed by atoms with E-state index in [0.29, 0.717) is 16.3 Å². The average Bonchev–Trinajstić information content (AvgIpc) is 3.11. The molecule has 1 atom stereocenters. The monoisotopic (exact) mass is 298 g/mol. The largest absolute Gasteiger partial charge is 0.481 e. The Morgan fingerprint density at radius 1 is 1.71 bits per heavy atom. The first-order chi connectivity index (χ1) is 8.16. The summed E-state index contributed by atoms with van der Waals surface area (Å²) in [6, 6.07) is 3.79. The van der Waals surface area contributed by atoms with Gasteiger partial charge in [0.05, 0.1) is 0 Å². The Labute approximate surface area is 109 Å². The maximum absolute atomic E-state index is 11.6. The van der Waals surface area contributed by atoms with Crippen LogP contribution in [-0.4, -0.2) is 23.5 Å². The van der Waals surface area contributed by atoms with Crippen molar-refractivity contribution in [3.63, 3.8) is 0 Å². The molecular weight excluding hydrogens is 284 g/mol. The van der Waals surface area contributed by atoms with E-state index in [2.05, 4.69) is 26.2 Å². The van der Waals surface area contributed by atoms with E-state index < -0.39 is 0 Å². The lowest BCUT2D eigenvalue weighted by molar-refractivity contribution is -0.123. The minimum atomic E-state index is -0.0832. The number of amides is 1. The number of nitrogens with zero attached hydrogens (tertiary/aromatic N) is 1. The molecule has 1 fully saturated rings. The zero-order valence-corrected chi connectivity index (χ0v) is 11.2. The molecule has 0 saturated heterocycles. The molecule has 0 bridgehead atoms. The Hall–Kier alpha value is -1.10. The van der Waals surface area contributed by atoms with Gasteiger partial charge in [0.1, 0.15) is 4.60 Å². The number of carbonyl (C=O) groups is 1. The second-order valence-corrected chi connectivity index (χ2v) is 5.03. The van der Waals surface area contributed by atoms with Crippen molar-refractivity contribution >= 4 is 21.8 Å². The summed E-state index contributed by atoms with van der Waals surface area (Å²) in [5, 5.41) is 2.93. The van der Waals surface area contributed by atoms with Crippen molar-refractivity contribution in [2.24, 2.45) is 5.92 Å². The normalized spacial score (nSPS) is 16.4. The summed E-state index contributed by atoms with van der Waals surface area (Å²) in [6.07, 6.45) is 4.10. The Kier molecular flexibility index (Phi) is 3.99. The fourth-order valence-electron chi connectivity index (χ4n) is 1.63. The van der Waals surface area contributed by atoms with E-state index in [1.807, 2.05) is 6.92 Å². The Balaban J connectivity index is 1.77. The summed E-state index contributed by atoms with van der Waals surface area (Å²) in [6.45, 7) is 2.07. The maximum Gasteiger partial charge on any atom is 0.258 e. The van der Waals surface area contributed by atoms with Gasteiger partial charge < -0.3 is 10.1 Å². The molecule has 1 amide bonds. The van der Waals surface area contributed by atoms with E-state index in [1.165, 1.54) is 12.8 Å². The Bertz CT molecular complexity index is 407. The number of nitrogens with one attached hydrogen (secondary N) is 1. The third kappa shape index (κ3) is 3.70. The molecule has 1 saturated carbocycles. The first kappa shape index (κ1) is 12.4. The molecule has 0 aliphatic heterocycles. The molecular formula is C12H15BrN2O2. The van der Waals surface area contributed by atoms with Crippen molar-refractivity contribution < 1.29 is 9.53 Å². The van der Waals surface area contributed by atoms with Gasteiger partial charge in [-0.05, 0) is 53.7 Å². The van der Waals surface area contributed by atoms with Crippen LogP contribution in [0.1, 0.15) is 19.8 Å². The quantitative estimate of drug-likeness (QED) is 0.848. The molecule has 92 valence electrons. The van der Waals surface area contributed by atoms with Gasteiger partial charge in [0.2, 0.25) is 0 Å². The first-order valence-electron chi connectivity index (χ1n) is 5.69. The summed E-state index contributed by atoms with van der Waals surface area (Å²) in [7, 11) is 0. The van der Waals surface area contributed by atoms with Gasteiger partial charge in [0, 0.05) is 12.2 Å². The second kappa shape index (κ2) is 5.49. The smallest absolute Gasteiger partial charge is 0.258 e. The summed E-state index contributed by atoms with van der Waals surface area (Å²) in [5.41, 5.74) is 0. The van der Waals surface area contributed by atoms with Crippen LogP contribution in [0.15, 0.2) is 22.9 Å². The van der Waals surface area contributed by atoms with E-state index in [-0.39, 0.29) is 18.6 Å². The molecule has 0 spiro atoms. The van der Waals surface area contributed by atoms with Crippen LogP contribution >= 0.6 is 15.9 Å². The predicted octanol–water partition coefficient (Wildman–Crippen LogP) is 2.14. The van der Waals surface area contributed by atoms with Crippen LogP contribution in [0.3, 0.4) is 0 Å². The van der Waals surface area contributed by atoms with Crippen molar-refractivity contribution in [3.05, 3.63) is 22.9 Å². The summed E-state index contributed by atoms with van der Waals surface area (Å²) in [4.78, 5) is 15.6. The molecule has 0 radical (unpaired) electrons. The SMILES string of the molecule is CC(NC(=O)COc1cccnc1Br)C1CC1. The van der Waals surface area contributed by atoms with Gasteiger partial charge in [0.15, 0.2) is 12.4 Å². The number of hydrogen-bond acceptors (Lipinski definition) is 3. The topological polar surface area (TPSA) is 51.2 Å². The van der Waals surface area contributed by atoms with E-state index in [4.69, 9.17) is 4.74 Å². The average molecular weight is 299 g/mol.